The van der Waals surface area contributed by atoms with Gasteiger partial charge in [-0.1, -0.05) is 54.3 Å². The number of anilines is 1. The van der Waals surface area contributed by atoms with E-state index in [0.717, 1.165) is 10.5 Å². The number of nitrogens with two attached hydrogens (primary N) is 1. The number of ether oxygens (including phenoxy) is 1. The first-order valence-corrected chi connectivity index (χ1v) is 13.8. The summed E-state index contributed by atoms with van der Waals surface area (Å²) in [6.45, 7) is 5.31. The minimum Gasteiger partial charge on any atom is -0.386 e. The second-order valence-electron chi connectivity index (χ2n) is 10.5. The fraction of sp³-hybridized carbons (Fsp3) is 0.273. The second kappa shape index (κ2) is 13.1. The van der Waals surface area contributed by atoms with Crippen LogP contribution in [0.25, 0.3) is 0 Å². The van der Waals surface area contributed by atoms with Crippen molar-refractivity contribution in [3.63, 3.8) is 0 Å². The molecule has 2 unspecified atom stereocenters. The maximum atomic E-state index is 14.3. The molecule has 0 radical (unpaired) electrons. The van der Waals surface area contributed by atoms with Gasteiger partial charge in [0.15, 0.2) is 0 Å². The number of hydrogen-bond donors (Lipinski definition) is 1. The minimum absolute atomic E-state index is 0.111. The first-order valence-electron chi connectivity index (χ1n) is 13.8. The summed E-state index contributed by atoms with van der Waals surface area (Å²) < 4.78 is 42.2. The van der Waals surface area contributed by atoms with Gasteiger partial charge in [-0.25, -0.2) is 4.79 Å². The standard InChI is InChI=1S/C33H30F3N3O5/c1-20(2)38-27-15-14-23(13-12-22-8-7-9-24(17-22)19-37)18-26(27)30(41)39(29(31(38)42)25-10-5-4-6-11-25)21(3)16-28(40)44-32(43)33(34,35)36/h4-11,14-15,17-18,20-21,29H,16,19,37H2,1-3H3. The van der Waals surface area contributed by atoms with Crippen molar-refractivity contribution in [3.05, 3.63) is 101 Å². The molecule has 44 heavy (non-hydrogen) atoms. The van der Waals surface area contributed by atoms with Crippen LogP contribution in [0.5, 0.6) is 0 Å². The smallest absolute Gasteiger partial charge is 0.386 e. The highest BCUT2D eigenvalue weighted by atomic mass is 19.4. The fourth-order valence-corrected chi connectivity index (χ4v) is 5.01. The summed E-state index contributed by atoms with van der Waals surface area (Å²) in [4.78, 5) is 54.9. The molecule has 8 nitrogen and oxygen atoms in total. The molecule has 4 rings (SSSR count). The van der Waals surface area contributed by atoms with Crippen molar-refractivity contribution in [3.8, 4) is 11.8 Å². The van der Waals surface area contributed by atoms with Gasteiger partial charge in [0.05, 0.1) is 17.7 Å². The van der Waals surface area contributed by atoms with E-state index in [9.17, 15) is 32.3 Å². The van der Waals surface area contributed by atoms with Crippen molar-refractivity contribution in [1.29, 1.82) is 0 Å². The monoisotopic (exact) mass is 605 g/mol. The van der Waals surface area contributed by atoms with Crippen molar-refractivity contribution in [2.24, 2.45) is 5.73 Å². The van der Waals surface area contributed by atoms with E-state index in [1.54, 1.807) is 62.4 Å². The van der Waals surface area contributed by atoms with E-state index in [-0.39, 0.29) is 5.56 Å². The molecule has 2 atom stereocenters. The maximum Gasteiger partial charge on any atom is 0.491 e. The van der Waals surface area contributed by atoms with Crippen molar-refractivity contribution in [2.45, 2.75) is 58.0 Å². The summed E-state index contributed by atoms with van der Waals surface area (Å²) in [6, 6.07) is 17.8. The molecule has 1 heterocycles. The zero-order chi connectivity index (χ0) is 32.2. The number of fused-ring (bicyclic) bond motifs is 1. The number of amides is 2. The van der Waals surface area contributed by atoms with Gasteiger partial charge in [0.25, 0.3) is 11.8 Å². The van der Waals surface area contributed by atoms with Crippen LogP contribution in [0.4, 0.5) is 18.9 Å². The van der Waals surface area contributed by atoms with Crippen LogP contribution in [-0.2, 0) is 25.7 Å². The van der Waals surface area contributed by atoms with Gasteiger partial charge in [-0.05, 0) is 62.2 Å². The summed E-state index contributed by atoms with van der Waals surface area (Å²) in [5.41, 5.74) is 8.65. The molecular formula is C33H30F3N3O5. The number of carbonyl (C=O) groups is 4. The SMILES string of the molecule is CC(C)N1C(=O)C(c2ccccc2)N(C(C)CC(=O)OC(=O)C(F)(F)F)C(=O)c2cc(C#Cc3cccc(CN)c3)ccc21. The number of nitrogens with zero attached hydrogens (tertiary/aromatic N) is 2. The Hall–Kier alpha value is -4.95. The van der Waals surface area contributed by atoms with Crippen molar-refractivity contribution in [1.82, 2.24) is 4.90 Å². The molecule has 3 aromatic rings. The molecule has 0 saturated heterocycles. The third-order valence-corrected chi connectivity index (χ3v) is 6.99. The molecular weight excluding hydrogens is 575 g/mol. The summed E-state index contributed by atoms with van der Waals surface area (Å²) in [7, 11) is 0. The van der Waals surface area contributed by atoms with E-state index in [0.29, 0.717) is 28.9 Å². The Morgan fingerprint density at radius 3 is 2.20 bits per heavy atom. The largest absolute Gasteiger partial charge is 0.491 e. The van der Waals surface area contributed by atoms with Gasteiger partial charge >= 0.3 is 18.1 Å². The Bertz CT molecular complexity index is 1640. The average Bonchev–Trinajstić information content (AvgIpc) is 3.07. The van der Waals surface area contributed by atoms with Crippen LogP contribution in [0, 0.1) is 11.8 Å². The lowest BCUT2D eigenvalue weighted by atomic mass is 10.0. The number of esters is 2. The Kier molecular flexibility index (Phi) is 9.55. The summed E-state index contributed by atoms with van der Waals surface area (Å²) in [5, 5.41) is 0. The van der Waals surface area contributed by atoms with E-state index in [1.807, 2.05) is 24.3 Å². The number of halogens is 3. The minimum atomic E-state index is -5.38. The van der Waals surface area contributed by atoms with Crippen LogP contribution in [0.1, 0.15) is 65.8 Å². The van der Waals surface area contributed by atoms with Crippen molar-refractivity contribution >= 4 is 29.4 Å². The molecule has 0 aliphatic carbocycles. The van der Waals surface area contributed by atoms with Gasteiger partial charge in [0.1, 0.15) is 6.04 Å². The van der Waals surface area contributed by atoms with Crippen LogP contribution in [-0.4, -0.2) is 46.9 Å². The zero-order valence-corrected chi connectivity index (χ0v) is 24.2. The zero-order valence-electron chi connectivity index (χ0n) is 24.2. The summed E-state index contributed by atoms with van der Waals surface area (Å²) in [6.07, 6.45) is -6.15. The molecule has 2 N–H and O–H groups in total. The van der Waals surface area contributed by atoms with Gasteiger partial charge in [0.2, 0.25) is 0 Å². The first kappa shape index (κ1) is 32.0. The van der Waals surface area contributed by atoms with E-state index < -0.39 is 54.5 Å². The highest BCUT2D eigenvalue weighted by Crippen LogP contribution is 2.38. The maximum absolute atomic E-state index is 14.3. The molecule has 2 amide bonds. The Morgan fingerprint density at radius 2 is 1.59 bits per heavy atom. The van der Waals surface area contributed by atoms with Crippen LogP contribution >= 0.6 is 0 Å². The predicted octanol–water partition coefficient (Wildman–Crippen LogP) is 4.89. The third kappa shape index (κ3) is 6.98. The Labute approximate surface area is 252 Å². The Morgan fingerprint density at radius 1 is 0.932 bits per heavy atom. The molecule has 1 aliphatic rings. The number of benzene rings is 3. The van der Waals surface area contributed by atoms with Crippen LogP contribution in [0.15, 0.2) is 72.8 Å². The molecule has 0 aromatic heterocycles. The quantitative estimate of drug-likeness (QED) is 0.243. The van der Waals surface area contributed by atoms with Gasteiger partial charge in [-0.15, -0.1) is 0 Å². The molecule has 1 aliphatic heterocycles. The molecule has 11 heteroatoms. The van der Waals surface area contributed by atoms with E-state index in [2.05, 4.69) is 16.6 Å². The topological polar surface area (TPSA) is 110 Å². The van der Waals surface area contributed by atoms with Crippen LogP contribution in [0.2, 0.25) is 0 Å². The van der Waals surface area contributed by atoms with Crippen LogP contribution in [0.3, 0.4) is 0 Å². The summed E-state index contributed by atoms with van der Waals surface area (Å²) >= 11 is 0. The van der Waals surface area contributed by atoms with E-state index in [1.165, 1.54) is 11.8 Å². The molecule has 0 saturated carbocycles. The van der Waals surface area contributed by atoms with Gasteiger partial charge in [0, 0.05) is 29.8 Å². The predicted molar refractivity (Wildman–Crippen MR) is 156 cm³/mol. The lowest BCUT2D eigenvalue weighted by Crippen LogP contribution is -2.48. The van der Waals surface area contributed by atoms with Gasteiger partial charge in [-0.2, -0.15) is 13.2 Å². The molecule has 3 aromatic carbocycles. The van der Waals surface area contributed by atoms with E-state index >= 15 is 0 Å². The Balaban J connectivity index is 1.81. The lowest BCUT2D eigenvalue weighted by molar-refractivity contribution is -0.202. The van der Waals surface area contributed by atoms with Crippen LogP contribution < -0.4 is 10.6 Å². The third-order valence-electron chi connectivity index (χ3n) is 6.99. The number of rotatable bonds is 6. The molecule has 0 fully saturated rings. The highest BCUT2D eigenvalue weighted by molar-refractivity contribution is 6.12. The number of hydrogen-bond acceptors (Lipinski definition) is 6. The van der Waals surface area contributed by atoms with Gasteiger partial charge in [-0.3, -0.25) is 14.4 Å². The number of carbonyl (C=O) groups excluding carboxylic acids is 4. The van der Waals surface area contributed by atoms with Crippen molar-refractivity contribution in [2.75, 3.05) is 4.90 Å². The molecule has 228 valence electrons. The van der Waals surface area contributed by atoms with Crippen molar-refractivity contribution < 1.29 is 37.1 Å². The first-order chi connectivity index (χ1) is 20.8. The average molecular weight is 606 g/mol. The summed E-state index contributed by atoms with van der Waals surface area (Å²) in [5.74, 6) is 0.787. The fourth-order valence-electron chi connectivity index (χ4n) is 5.01. The molecule has 0 spiro atoms. The second-order valence-corrected chi connectivity index (χ2v) is 10.5. The lowest BCUT2D eigenvalue weighted by Gasteiger charge is -2.36. The highest BCUT2D eigenvalue weighted by Gasteiger charge is 2.45. The number of alkyl halides is 3. The van der Waals surface area contributed by atoms with Gasteiger partial charge < -0.3 is 20.3 Å². The molecule has 0 bridgehead atoms. The normalized spacial score (nSPS) is 15.7. The van der Waals surface area contributed by atoms with E-state index in [4.69, 9.17) is 5.73 Å².